The molecular weight excluding hydrogens is 380 g/mol. The van der Waals surface area contributed by atoms with Crippen LogP contribution in [0.15, 0.2) is 48.5 Å². The van der Waals surface area contributed by atoms with E-state index in [1.165, 1.54) is 0 Å². The van der Waals surface area contributed by atoms with Crippen LogP contribution in [-0.2, 0) is 14.2 Å². The van der Waals surface area contributed by atoms with Crippen LogP contribution in [0.1, 0.15) is 59.0 Å². The molecule has 0 bridgehead atoms. The highest BCUT2D eigenvalue weighted by molar-refractivity contribution is 5.90. The second-order valence-corrected chi connectivity index (χ2v) is 8.97. The minimum Gasteiger partial charge on any atom is -0.459 e. The Morgan fingerprint density at radius 2 is 1.67 bits per heavy atom. The third kappa shape index (κ3) is 5.28. The van der Waals surface area contributed by atoms with E-state index in [4.69, 9.17) is 14.2 Å². The molecule has 0 radical (unpaired) electrons. The summed E-state index contributed by atoms with van der Waals surface area (Å²) in [5.74, 6) is -0.807. The molecule has 0 aliphatic carbocycles. The molecule has 30 heavy (non-hydrogen) atoms. The largest absolute Gasteiger partial charge is 0.459 e. The molecule has 2 aromatic carbocycles. The van der Waals surface area contributed by atoms with Gasteiger partial charge < -0.3 is 14.2 Å². The molecule has 1 aliphatic rings. The van der Waals surface area contributed by atoms with Gasteiger partial charge in [-0.2, -0.15) is 0 Å². The molecule has 1 heterocycles. The van der Waals surface area contributed by atoms with Gasteiger partial charge in [-0.25, -0.2) is 9.59 Å². The molecule has 1 aliphatic heterocycles. The highest BCUT2D eigenvalue weighted by Crippen LogP contribution is 2.35. The van der Waals surface area contributed by atoms with Crippen molar-refractivity contribution < 1.29 is 23.8 Å². The van der Waals surface area contributed by atoms with Crippen LogP contribution in [0.3, 0.4) is 0 Å². The fourth-order valence-electron chi connectivity index (χ4n) is 3.43. The monoisotopic (exact) mass is 410 g/mol. The van der Waals surface area contributed by atoms with E-state index in [2.05, 4.69) is 20.8 Å². The van der Waals surface area contributed by atoms with Gasteiger partial charge in [0.25, 0.3) is 0 Å². The Bertz CT molecular complexity index is 898. The Balaban J connectivity index is 1.69. The number of hydrogen-bond acceptors (Lipinski definition) is 5. The first-order valence-electron chi connectivity index (χ1n) is 10.3. The third-order valence-electron chi connectivity index (χ3n) is 5.56. The van der Waals surface area contributed by atoms with Crippen LogP contribution < -0.4 is 0 Å². The molecule has 1 saturated heterocycles. The summed E-state index contributed by atoms with van der Waals surface area (Å²) in [6.07, 6.45) is -0.520. The van der Waals surface area contributed by atoms with Crippen LogP contribution in [0.4, 0.5) is 0 Å². The van der Waals surface area contributed by atoms with Crippen LogP contribution in [0, 0.1) is 19.3 Å². The number of carbonyl (C=O) groups excluding carboxylic acids is 2. The number of hydrogen-bond donors (Lipinski definition) is 0. The Hall–Kier alpha value is -2.66. The van der Waals surface area contributed by atoms with E-state index in [0.717, 1.165) is 11.1 Å². The average Bonchev–Trinajstić information content (AvgIpc) is 3.12. The minimum atomic E-state index is -0.502. The van der Waals surface area contributed by atoms with Gasteiger partial charge in [0, 0.05) is 6.42 Å². The van der Waals surface area contributed by atoms with Crippen LogP contribution in [0.2, 0.25) is 0 Å². The molecule has 2 aromatic rings. The summed E-state index contributed by atoms with van der Waals surface area (Å²) in [6, 6.07) is 14.3. The van der Waals surface area contributed by atoms with Crippen molar-refractivity contribution in [2.24, 2.45) is 5.41 Å². The number of benzene rings is 2. The normalized spacial score (nSPS) is 21.3. The highest BCUT2D eigenvalue weighted by Gasteiger charge is 2.43. The second-order valence-electron chi connectivity index (χ2n) is 8.97. The molecule has 1 fully saturated rings. The first kappa shape index (κ1) is 22.0. The van der Waals surface area contributed by atoms with E-state index in [1.54, 1.807) is 30.3 Å². The van der Waals surface area contributed by atoms with Crippen molar-refractivity contribution in [2.45, 2.75) is 59.4 Å². The molecule has 3 rings (SSSR count). The fourth-order valence-corrected chi connectivity index (χ4v) is 3.43. The smallest absolute Gasteiger partial charge is 0.338 e. The van der Waals surface area contributed by atoms with Gasteiger partial charge in [0.05, 0.1) is 17.2 Å². The fraction of sp³-hybridized carbons (Fsp3) is 0.440. The van der Waals surface area contributed by atoms with Crippen molar-refractivity contribution in [1.82, 2.24) is 0 Å². The maximum atomic E-state index is 12.7. The van der Waals surface area contributed by atoms with Crippen molar-refractivity contribution in [2.75, 3.05) is 6.61 Å². The summed E-state index contributed by atoms with van der Waals surface area (Å²) < 4.78 is 17.4. The first-order valence-corrected chi connectivity index (χ1v) is 10.3. The Morgan fingerprint density at radius 1 is 0.967 bits per heavy atom. The van der Waals surface area contributed by atoms with Crippen LogP contribution in [0.5, 0.6) is 0 Å². The lowest BCUT2D eigenvalue weighted by atomic mass is 9.87. The van der Waals surface area contributed by atoms with Gasteiger partial charge in [0.1, 0.15) is 18.8 Å². The van der Waals surface area contributed by atoms with Crippen molar-refractivity contribution in [3.8, 4) is 0 Å². The minimum absolute atomic E-state index is 0.0329. The van der Waals surface area contributed by atoms with Crippen molar-refractivity contribution in [3.63, 3.8) is 0 Å². The van der Waals surface area contributed by atoms with Gasteiger partial charge in [0.15, 0.2) is 0 Å². The molecule has 0 aromatic heterocycles. The summed E-state index contributed by atoms with van der Waals surface area (Å²) in [4.78, 5) is 25.1. The number of ether oxygens (including phenoxy) is 3. The van der Waals surface area contributed by atoms with Crippen LogP contribution in [-0.4, -0.2) is 36.9 Å². The SMILES string of the molecule is Cc1ccc(C(=O)O[C@H]2C[C@H](C(C)(C)C)O[C@@H]2COC(=O)c2ccccc2)cc1C. The van der Waals surface area contributed by atoms with Gasteiger partial charge in [0.2, 0.25) is 0 Å². The Labute approximate surface area is 178 Å². The van der Waals surface area contributed by atoms with E-state index in [0.29, 0.717) is 17.5 Å². The molecule has 0 spiro atoms. The summed E-state index contributed by atoms with van der Waals surface area (Å²) in [6.45, 7) is 10.2. The summed E-state index contributed by atoms with van der Waals surface area (Å²) >= 11 is 0. The maximum absolute atomic E-state index is 12.7. The molecular formula is C25H30O5. The lowest BCUT2D eigenvalue weighted by molar-refractivity contribution is -0.0626. The second kappa shape index (κ2) is 9.00. The van der Waals surface area contributed by atoms with Gasteiger partial charge in [-0.05, 0) is 54.7 Å². The summed E-state index contributed by atoms with van der Waals surface area (Å²) in [5, 5.41) is 0. The first-order chi connectivity index (χ1) is 14.1. The predicted octanol–water partition coefficient (Wildman–Crippen LogP) is 4.89. The van der Waals surface area contributed by atoms with E-state index in [1.807, 2.05) is 32.0 Å². The number of carbonyl (C=O) groups is 2. The molecule has 160 valence electrons. The van der Waals surface area contributed by atoms with Crippen molar-refractivity contribution in [3.05, 3.63) is 70.8 Å². The highest BCUT2D eigenvalue weighted by atomic mass is 16.6. The van der Waals surface area contributed by atoms with Crippen LogP contribution >= 0.6 is 0 Å². The predicted molar refractivity (Wildman–Crippen MR) is 115 cm³/mol. The standard InChI is InChI=1S/C25H30O5/c1-16-11-12-19(13-17(16)2)24(27)30-20-14-22(25(3,4)5)29-21(20)15-28-23(26)18-9-7-6-8-10-18/h6-13,20-22H,14-15H2,1-5H3/t20-,21+,22+/m0/s1. The molecule has 5 heteroatoms. The van der Waals surface area contributed by atoms with Gasteiger partial charge in [-0.3, -0.25) is 0 Å². The zero-order valence-electron chi connectivity index (χ0n) is 18.3. The molecule has 3 atom stereocenters. The molecule has 0 saturated carbocycles. The van der Waals surface area contributed by atoms with Crippen molar-refractivity contribution >= 4 is 11.9 Å². The Kier molecular flexibility index (Phi) is 6.61. The van der Waals surface area contributed by atoms with Gasteiger partial charge in [-0.15, -0.1) is 0 Å². The lowest BCUT2D eigenvalue weighted by Crippen LogP contribution is -2.32. The Morgan fingerprint density at radius 3 is 2.30 bits per heavy atom. The van der Waals surface area contributed by atoms with Gasteiger partial charge >= 0.3 is 11.9 Å². The number of rotatable bonds is 5. The number of aryl methyl sites for hydroxylation is 2. The van der Waals surface area contributed by atoms with Crippen LogP contribution in [0.25, 0.3) is 0 Å². The quantitative estimate of drug-likeness (QED) is 0.657. The summed E-state index contributed by atoms with van der Waals surface area (Å²) in [7, 11) is 0. The zero-order valence-corrected chi connectivity index (χ0v) is 18.3. The number of esters is 2. The zero-order chi connectivity index (χ0) is 21.9. The van der Waals surface area contributed by atoms with E-state index in [-0.39, 0.29) is 24.1 Å². The van der Waals surface area contributed by atoms with E-state index < -0.39 is 18.2 Å². The molecule has 0 N–H and O–H groups in total. The average molecular weight is 411 g/mol. The maximum Gasteiger partial charge on any atom is 0.338 e. The molecule has 0 amide bonds. The van der Waals surface area contributed by atoms with Gasteiger partial charge in [-0.1, -0.05) is 45.0 Å². The summed E-state index contributed by atoms with van der Waals surface area (Å²) in [5.41, 5.74) is 3.02. The van der Waals surface area contributed by atoms with E-state index >= 15 is 0 Å². The topological polar surface area (TPSA) is 61.8 Å². The molecule has 5 nitrogen and oxygen atoms in total. The van der Waals surface area contributed by atoms with Crippen molar-refractivity contribution in [1.29, 1.82) is 0 Å². The molecule has 0 unspecified atom stereocenters. The lowest BCUT2D eigenvalue weighted by Gasteiger charge is -2.26. The third-order valence-corrected chi connectivity index (χ3v) is 5.56. The van der Waals surface area contributed by atoms with E-state index in [9.17, 15) is 9.59 Å².